The first-order valence-corrected chi connectivity index (χ1v) is 8.59. The average molecular weight is 334 g/mol. The maximum atomic E-state index is 12.8. The first kappa shape index (κ1) is 16.7. The number of benzene rings is 1. The summed E-state index contributed by atoms with van der Waals surface area (Å²) in [7, 11) is -2.10. The van der Waals surface area contributed by atoms with Gasteiger partial charge in [0.2, 0.25) is 10.0 Å². The second-order valence-electron chi connectivity index (χ2n) is 5.52. The Morgan fingerprint density at radius 3 is 2.81 bits per heavy atom. The third-order valence-corrected chi connectivity index (χ3v) is 6.24. The number of methoxy groups -OCH3 is 1. The van der Waals surface area contributed by atoms with Gasteiger partial charge >= 0.3 is 0 Å². The summed E-state index contributed by atoms with van der Waals surface area (Å²) in [5, 5.41) is 9.34. The van der Waals surface area contributed by atoms with Crippen molar-refractivity contribution in [3.8, 4) is 0 Å². The van der Waals surface area contributed by atoms with E-state index >= 15 is 0 Å². The van der Waals surface area contributed by atoms with Gasteiger partial charge in [0.15, 0.2) is 0 Å². The standard InChI is InChI=1S/C14H20ClNO4S/c1-14(20-2)6-3-7-16(10-14)21(18,19)13-8-11(9-17)4-5-12(13)15/h4-5,8,17H,3,6-7,9-10H2,1-2H3. The molecule has 1 aromatic rings. The summed E-state index contributed by atoms with van der Waals surface area (Å²) < 4.78 is 32.4. The van der Waals surface area contributed by atoms with Crippen molar-refractivity contribution < 1.29 is 18.3 Å². The lowest BCUT2D eigenvalue weighted by Crippen LogP contribution is -2.49. The van der Waals surface area contributed by atoms with Crippen LogP contribution >= 0.6 is 11.6 Å². The van der Waals surface area contributed by atoms with Crippen LogP contribution in [0.3, 0.4) is 0 Å². The molecule has 1 fully saturated rings. The van der Waals surface area contributed by atoms with Gasteiger partial charge in [-0.3, -0.25) is 0 Å². The third-order valence-electron chi connectivity index (χ3n) is 3.91. The molecule has 0 spiro atoms. The Balaban J connectivity index is 2.38. The number of halogens is 1. The Labute approximate surface area is 130 Å². The van der Waals surface area contributed by atoms with Crippen LogP contribution in [-0.2, 0) is 21.4 Å². The van der Waals surface area contributed by atoms with Gasteiger partial charge in [0.05, 0.1) is 17.2 Å². The zero-order valence-corrected chi connectivity index (χ0v) is 13.7. The summed E-state index contributed by atoms with van der Waals surface area (Å²) in [6.45, 7) is 2.42. The van der Waals surface area contributed by atoms with E-state index in [-0.39, 0.29) is 16.5 Å². The monoisotopic (exact) mass is 333 g/mol. The summed E-state index contributed by atoms with van der Waals surface area (Å²) in [6, 6.07) is 4.53. The van der Waals surface area contributed by atoms with E-state index < -0.39 is 15.6 Å². The highest BCUT2D eigenvalue weighted by Crippen LogP contribution is 2.31. The fraction of sp³-hybridized carbons (Fsp3) is 0.571. The molecule has 21 heavy (non-hydrogen) atoms. The summed E-state index contributed by atoms with van der Waals surface area (Å²) >= 11 is 6.04. The Morgan fingerprint density at radius 1 is 1.48 bits per heavy atom. The molecule has 1 atom stereocenters. The summed E-state index contributed by atoms with van der Waals surface area (Å²) in [5.74, 6) is 0. The molecule has 5 nitrogen and oxygen atoms in total. The van der Waals surface area contributed by atoms with Gasteiger partial charge < -0.3 is 9.84 Å². The first-order valence-electron chi connectivity index (χ1n) is 6.77. The molecule has 0 aliphatic carbocycles. The highest BCUT2D eigenvalue weighted by molar-refractivity contribution is 7.89. The summed E-state index contributed by atoms with van der Waals surface area (Å²) in [5.41, 5.74) is 0.0383. The van der Waals surface area contributed by atoms with Crippen LogP contribution in [0.25, 0.3) is 0 Å². The van der Waals surface area contributed by atoms with Gasteiger partial charge in [-0.05, 0) is 37.5 Å². The lowest BCUT2D eigenvalue weighted by molar-refractivity contribution is -0.0319. The fourth-order valence-electron chi connectivity index (χ4n) is 2.52. The molecule has 2 rings (SSSR count). The predicted molar refractivity (Wildman–Crippen MR) is 80.8 cm³/mol. The molecule has 0 amide bonds. The van der Waals surface area contributed by atoms with E-state index in [0.717, 1.165) is 12.8 Å². The Morgan fingerprint density at radius 2 is 2.19 bits per heavy atom. The first-order chi connectivity index (χ1) is 9.82. The number of aliphatic hydroxyl groups is 1. The van der Waals surface area contributed by atoms with E-state index in [1.165, 1.54) is 16.4 Å². The molecule has 1 aromatic carbocycles. The lowest BCUT2D eigenvalue weighted by atomic mass is 9.96. The second kappa shape index (κ2) is 6.22. The van der Waals surface area contributed by atoms with E-state index in [4.69, 9.17) is 16.3 Å². The molecule has 0 saturated carbocycles. The van der Waals surface area contributed by atoms with Crippen LogP contribution in [0.4, 0.5) is 0 Å². The van der Waals surface area contributed by atoms with Crippen LogP contribution in [0.1, 0.15) is 25.3 Å². The number of aliphatic hydroxyl groups excluding tert-OH is 1. The average Bonchev–Trinajstić information content (AvgIpc) is 2.47. The minimum atomic E-state index is -3.70. The van der Waals surface area contributed by atoms with Crippen molar-refractivity contribution in [3.63, 3.8) is 0 Å². The minimum absolute atomic E-state index is 0.0380. The van der Waals surface area contributed by atoms with Crippen molar-refractivity contribution in [2.45, 2.75) is 36.9 Å². The molecule has 7 heteroatoms. The van der Waals surface area contributed by atoms with Crippen molar-refractivity contribution in [1.29, 1.82) is 0 Å². The number of hydrogen-bond acceptors (Lipinski definition) is 4. The molecule has 0 bridgehead atoms. The van der Waals surface area contributed by atoms with Crippen LogP contribution in [0.2, 0.25) is 5.02 Å². The van der Waals surface area contributed by atoms with E-state index in [9.17, 15) is 13.5 Å². The van der Waals surface area contributed by atoms with Crippen molar-refractivity contribution in [2.24, 2.45) is 0 Å². The van der Waals surface area contributed by atoms with Crippen molar-refractivity contribution in [1.82, 2.24) is 4.31 Å². The van der Waals surface area contributed by atoms with Crippen LogP contribution in [0.5, 0.6) is 0 Å². The number of rotatable bonds is 4. The smallest absolute Gasteiger partial charge is 0.244 e. The minimum Gasteiger partial charge on any atom is -0.392 e. The van der Waals surface area contributed by atoms with Crippen LogP contribution in [-0.4, -0.2) is 43.6 Å². The quantitative estimate of drug-likeness (QED) is 0.915. The maximum Gasteiger partial charge on any atom is 0.244 e. The van der Waals surface area contributed by atoms with Gasteiger partial charge in [-0.1, -0.05) is 17.7 Å². The molecule has 1 N–H and O–H groups in total. The number of piperidine rings is 1. The van der Waals surface area contributed by atoms with Crippen molar-refractivity contribution in [2.75, 3.05) is 20.2 Å². The largest absolute Gasteiger partial charge is 0.392 e. The molecular weight excluding hydrogens is 314 g/mol. The van der Waals surface area contributed by atoms with Crippen LogP contribution < -0.4 is 0 Å². The molecule has 1 heterocycles. The Bertz CT molecular complexity index is 619. The molecule has 1 aliphatic heterocycles. The second-order valence-corrected chi connectivity index (χ2v) is 7.83. The normalized spacial score (nSPS) is 24.2. The zero-order chi connectivity index (χ0) is 15.7. The molecule has 0 radical (unpaired) electrons. The van der Waals surface area contributed by atoms with Crippen LogP contribution in [0, 0.1) is 0 Å². The van der Waals surface area contributed by atoms with E-state index in [0.29, 0.717) is 18.7 Å². The van der Waals surface area contributed by atoms with Gasteiger partial charge in [-0.2, -0.15) is 4.31 Å². The number of sulfonamides is 1. The Hall–Kier alpha value is -0.660. The highest BCUT2D eigenvalue weighted by Gasteiger charge is 2.37. The molecular formula is C14H20ClNO4S. The predicted octanol–water partition coefficient (Wildman–Crippen LogP) is 2.02. The third kappa shape index (κ3) is 3.40. The lowest BCUT2D eigenvalue weighted by Gasteiger charge is -2.38. The summed E-state index contributed by atoms with van der Waals surface area (Å²) in [4.78, 5) is 0.0380. The van der Waals surface area contributed by atoms with Gasteiger partial charge in [-0.15, -0.1) is 0 Å². The molecule has 118 valence electrons. The topological polar surface area (TPSA) is 66.8 Å². The van der Waals surface area contributed by atoms with Gasteiger partial charge in [0.25, 0.3) is 0 Å². The number of nitrogens with zero attached hydrogens (tertiary/aromatic N) is 1. The molecule has 0 aromatic heterocycles. The van der Waals surface area contributed by atoms with Crippen molar-refractivity contribution >= 4 is 21.6 Å². The van der Waals surface area contributed by atoms with Gasteiger partial charge in [0, 0.05) is 20.2 Å². The molecule has 1 saturated heterocycles. The summed E-state index contributed by atoms with van der Waals surface area (Å²) in [6.07, 6.45) is 1.56. The zero-order valence-electron chi connectivity index (χ0n) is 12.2. The number of ether oxygens (including phenoxy) is 1. The molecule has 1 aliphatic rings. The van der Waals surface area contributed by atoms with Crippen molar-refractivity contribution in [3.05, 3.63) is 28.8 Å². The maximum absolute atomic E-state index is 12.8. The van der Waals surface area contributed by atoms with Gasteiger partial charge in [0.1, 0.15) is 4.90 Å². The fourth-order valence-corrected chi connectivity index (χ4v) is 4.63. The van der Waals surface area contributed by atoms with E-state index in [1.807, 2.05) is 6.92 Å². The van der Waals surface area contributed by atoms with Gasteiger partial charge in [-0.25, -0.2) is 8.42 Å². The highest BCUT2D eigenvalue weighted by atomic mass is 35.5. The van der Waals surface area contributed by atoms with E-state index in [2.05, 4.69) is 0 Å². The Kier molecular flexibility index (Phi) is 4.95. The molecule has 1 unspecified atom stereocenters. The SMILES string of the molecule is COC1(C)CCCN(S(=O)(=O)c2cc(CO)ccc2Cl)C1. The van der Waals surface area contributed by atoms with E-state index in [1.54, 1.807) is 13.2 Å². The van der Waals surface area contributed by atoms with Crippen LogP contribution in [0.15, 0.2) is 23.1 Å². The number of hydrogen-bond donors (Lipinski definition) is 1.